The SMILES string of the molecule is CC1(C)Sc2cc(N)ccc2N(CCCC(N)=O)C1=O. The van der Waals surface area contributed by atoms with Crippen LogP contribution in [0.5, 0.6) is 0 Å². The van der Waals surface area contributed by atoms with Crippen LogP contribution in [0.3, 0.4) is 0 Å². The Morgan fingerprint density at radius 1 is 1.40 bits per heavy atom. The molecule has 1 aromatic rings. The number of nitrogens with zero attached hydrogens (tertiary/aromatic N) is 1. The third-order valence-electron chi connectivity index (χ3n) is 3.20. The number of carbonyl (C=O) groups is 2. The maximum atomic E-state index is 12.5. The fraction of sp³-hybridized carbons (Fsp3) is 0.429. The number of hydrogen-bond acceptors (Lipinski definition) is 4. The van der Waals surface area contributed by atoms with E-state index < -0.39 is 4.75 Å². The zero-order valence-electron chi connectivity index (χ0n) is 11.7. The largest absolute Gasteiger partial charge is 0.399 e. The monoisotopic (exact) mass is 293 g/mol. The summed E-state index contributed by atoms with van der Waals surface area (Å²) in [4.78, 5) is 26.1. The van der Waals surface area contributed by atoms with Crippen molar-refractivity contribution < 1.29 is 9.59 Å². The zero-order valence-corrected chi connectivity index (χ0v) is 12.5. The van der Waals surface area contributed by atoms with E-state index in [0.717, 1.165) is 10.6 Å². The highest BCUT2D eigenvalue weighted by molar-refractivity contribution is 8.01. The van der Waals surface area contributed by atoms with Crippen molar-refractivity contribution in [2.45, 2.75) is 36.3 Å². The maximum absolute atomic E-state index is 12.5. The van der Waals surface area contributed by atoms with E-state index in [9.17, 15) is 9.59 Å². The van der Waals surface area contributed by atoms with Gasteiger partial charge < -0.3 is 16.4 Å². The number of nitrogens with two attached hydrogens (primary N) is 2. The topological polar surface area (TPSA) is 89.4 Å². The molecule has 4 N–H and O–H groups in total. The van der Waals surface area contributed by atoms with Crippen LogP contribution < -0.4 is 16.4 Å². The number of fused-ring (bicyclic) bond motifs is 1. The molecule has 0 spiro atoms. The molecule has 2 rings (SSSR count). The number of benzene rings is 1. The molecule has 0 atom stereocenters. The van der Waals surface area contributed by atoms with Gasteiger partial charge in [-0.15, -0.1) is 11.8 Å². The van der Waals surface area contributed by atoms with Crippen LogP contribution in [0.4, 0.5) is 11.4 Å². The Labute approximate surface area is 122 Å². The van der Waals surface area contributed by atoms with Gasteiger partial charge in [0.1, 0.15) is 0 Å². The molecule has 0 saturated carbocycles. The number of carbonyl (C=O) groups excluding carboxylic acids is 2. The normalized spacial score (nSPS) is 16.9. The van der Waals surface area contributed by atoms with Gasteiger partial charge in [-0.25, -0.2) is 0 Å². The lowest BCUT2D eigenvalue weighted by Crippen LogP contribution is -2.47. The first-order valence-corrected chi connectivity index (χ1v) is 7.32. The van der Waals surface area contributed by atoms with Gasteiger partial charge in [-0.3, -0.25) is 9.59 Å². The van der Waals surface area contributed by atoms with Gasteiger partial charge in [-0.1, -0.05) is 0 Å². The van der Waals surface area contributed by atoms with Crippen LogP contribution in [0.15, 0.2) is 23.1 Å². The highest BCUT2D eigenvalue weighted by Crippen LogP contribution is 2.45. The maximum Gasteiger partial charge on any atom is 0.243 e. The molecule has 0 saturated heterocycles. The fourth-order valence-corrected chi connectivity index (χ4v) is 3.45. The molecule has 0 aromatic heterocycles. The second kappa shape index (κ2) is 5.36. The summed E-state index contributed by atoms with van der Waals surface area (Å²) in [6, 6.07) is 5.52. The quantitative estimate of drug-likeness (QED) is 0.828. The lowest BCUT2D eigenvalue weighted by molar-refractivity contribution is -0.121. The number of rotatable bonds is 4. The van der Waals surface area contributed by atoms with E-state index in [0.29, 0.717) is 18.7 Å². The minimum Gasteiger partial charge on any atom is -0.399 e. The Kier molecular flexibility index (Phi) is 3.94. The smallest absolute Gasteiger partial charge is 0.243 e. The van der Waals surface area contributed by atoms with Crippen molar-refractivity contribution in [1.82, 2.24) is 0 Å². The van der Waals surface area contributed by atoms with E-state index in [2.05, 4.69) is 0 Å². The Balaban J connectivity index is 2.29. The molecule has 108 valence electrons. The summed E-state index contributed by atoms with van der Waals surface area (Å²) in [6.07, 6.45) is 0.841. The molecule has 2 amide bonds. The van der Waals surface area contributed by atoms with Crippen molar-refractivity contribution >= 4 is 35.0 Å². The molecule has 1 heterocycles. The van der Waals surface area contributed by atoms with E-state index in [1.165, 1.54) is 11.8 Å². The molecule has 1 aromatic carbocycles. The molecule has 6 heteroatoms. The number of anilines is 2. The average molecular weight is 293 g/mol. The predicted octanol–water partition coefficient (Wildman–Crippen LogP) is 1.75. The second-order valence-electron chi connectivity index (χ2n) is 5.37. The molecule has 1 aliphatic rings. The number of amides is 2. The molecule has 5 nitrogen and oxygen atoms in total. The van der Waals surface area contributed by atoms with Crippen LogP contribution >= 0.6 is 11.8 Å². The molecule has 0 bridgehead atoms. The summed E-state index contributed by atoms with van der Waals surface area (Å²) >= 11 is 1.52. The van der Waals surface area contributed by atoms with E-state index in [-0.39, 0.29) is 18.2 Å². The van der Waals surface area contributed by atoms with E-state index in [4.69, 9.17) is 11.5 Å². The number of primary amides is 1. The zero-order chi connectivity index (χ0) is 14.9. The summed E-state index contributed by atoms with van der Waals surface area (Å²) in [6.45, 7) is 4.28. The van der Waals surface area contributed by atoms with E-state index >= 15 is 0 Å². The Hall–Kier alpha value is -1.69. The van der Waals surface area contributed by atoms with Gasteiger partial charge in [0.25, 0.3) is 0 Å². The molecule has 0 aliphatic carbocycles. The van der Waals surface area contributed by atoms with Gasteiger partial charge in [0.05, 0.1) is 10.4 Å². The van der Waals surface area contributed by atoms with Crippen LogP contribution in [0.2, 0.25) is 0 Å². The summed E-state index contributed by atoms with van der Waals surface area (Å²) < 4.78 is -0.534. The summed E-state index contributed by atoms with van der Waals surface area (Å²) in [5.41, 5.74) is 12.5. The van der Waals surface area contributed by atoms with Gasteiger partial charge in [-0.2, -0.15) is 0 Å². The summed E-state index contributed by atoms with van der Waals surface area (Å²) in [7, 11) is 0. The molecule has 1 aliphatic heterocycles. The molecular weight excluding hydrogens is 274 g/mol. The average Bonchev–Trinajstić information content (AvgIpc) is 2.33. The standard InChI is InChI=1S/C14H19N3O2S/c1-14(2)13(19)17(7-3-4-12(16)18)10-6-5-9(15)8-11(10)20-14/h5-6,8H,3-4,7,15H2,1-2H3,(H2,16,18). The Bertz CT molecular complexity index is 557. The van der Waals surface area contributed by atoms with Crippen molar-refractivity contribution in [3.8, 4) is 0 Å². The molecule has 20 heavy (non-hydrogen) atoms. The number of hydrogen-bond donors (Lipinski definition) is 2. The van der Waals surface area contributed by atoms with Crippen molar-refractivity contribution in [1.29, 1.82) is 0 Å². The van der Waals surface area contributed by atoms with Gasteiger partial charge >= 0.3 is 0 Å². The summed E-state index contributed by atoms with van der Waals surface area (Å²) in [5.74, 6) is -0.301. The molecule has 0 unspecified atom stereocenters. The van der Waals surface area contributed by atoms with Crippen LogP contribution in [-0.4, -0.2) is 23.1 Å². The first-order chi connectivity index (χ1) is 9.31. The van der Waals surface area contributed by atoms with Crippen molar-refractivity contribution in [3.05, 3.63) is 18.2 Å². The van der Waals surface area contributed by atoms with Crippen LogP contribution in [0.25, 0.3) is 0 Å². The van der Waals surface area contributed by atoms with Gasteiger partial charge in [-0.05, 0) is 38.5 Å². The van der Waals surface area contributed by atoms with Crippen molar-refractivity contribution in [2.75, 3.05) is 17.2 Å². The minimum atomic E-state index is -0.534. The van der Waals surface area contributed by atoms with E-state index in [1.54, 1.807) is 11.0 Å². The second-order valence-corrected chi connectivity index (χ2v) is 7.03. The lowest BCUT2D eigenvalue weighted by atomic mass is 10.1. The molecule has 0 fully saturated rings. The number of nitrogen functional groups attached to an aromatic ring is 1. The number of thioether (sulfide) groups is 1. The van der Waals surface area contributed by atoms with Gasteiger partial charge in [0, 0.05) is 23.5 Å². The Morgan fingerprint density at radius 2 is 2.10 bits per heavy atom. The Morgan fingerprint density at radius 3 is 2.75 bits per heavy atom. The van der Waals surface area contributed by atoms with Crippen LogP contribution in [0.1, 0.15) is 26.7 Å². The first kappa shape index (κ1) is 14.7. The molecule has 0 radical (unpaired) electrons. The van der Waals surface area contributed by atoms with Crippen molar-refractivity contribution in [3.63, 3.8) is 0 Å². The van der Waals surface area contributed by atoms with Crippen LogP contribution in [0, 0.1) is 0 Å². The third kappa shape index (κ3) is 2.90. The third-order valence-corrected chi connectivity index (χ3v) is 4.44. The van der Waals surface area contributed by atoms with E-state index in [1.807, 2.05) is 26.0 Å². The highest BCUT2D eigenvalue weighted by Gasteiger charge is 2.39. The first-order valence-electron chi connectivity index (χ1n) is 6.50. The fourth-order valence-electron chi connectivity index (χ4n) is 2.22. The predicted molar refractivity (Wildman–Crippen MR) is 81.6 cm³/mol. The van der Waals surface area contributed by atoms with Crippen molar-refractivity contribution in [2.24, 2.45) is 5.73 Å². The van der Waals surface area contributed by atoms with Gasteiger partial charge in [0.15, 0.2) is 0 Å². The summed E-state index contributed by atoms with van der Waals surface area (Å²) in [5, 5.41) is 0. The van der Waals surface area contributed by atoms with Gasteiger partial charge in [0.2, 0.25) is 11.8 Å². The van der Waals surface area contributed by atoms with Crippen LogP contribution in [-0.2, 0) is 9.59 Å². The highest BCUT2D eigenvalue weighted by atomic mass is 32.2. The lowest BCUT2D eigenvalue weighted by Gasteiger charge is -2.38. The molecular formula is C14H19N3O2S. The minimum absolute atomic E-state index is 0.0456.